The number of benzene rings is 1. The van der Waals surface area contributed by atoms with E-state index in [1.165, 1.54) is 19.2 Å². The molecule has 0 amide bonds. The van der Waals surface area contributed by atoms with Crippen molar-refractivity contribution in [1.29, 1.82) is 0 Å². The van der Waals surface area contributed by atoms with Crippen LogP contribution in [-0.4, -0.2) is 45.7 Å². The highest BCUT2D eigenvalue weighted by Gasteiger charge is 2.30. The zero-order chi connectivity index (χ0) is 15.5. The third-order valence-corrected chi connectivity index (χ3v) is 4.62. The molecule has 1 saturated heterocycles. The molecule has 2 rings (SSSR count). The van der Waals surface area contributed by atoms with Crippen LogP contribution in [0.15, 0.2) is 29.2 Å². The maximum atomic E-state index is 12.0. The first kappa shape index (κ1) is 16.4. The molecule has 0 saturated carbocycles. The third-order valence-electron chi connectivity index (χ3n) is 3.33. The molecule has 1 heterocycles. The van der Waals surface area contributed by atoms with Gasteiger partial charge in [-0.25, -0.2) is 0 Å². The van der Waals surface area contributed by atoms with Crippen LogP contribution >= 0.6 is 0 Å². The van der Waals surface area contributed by atoms with Crippen LogP contribution in [0.1, 0.15) is 18.4 Å². The third kappa shape index (κ3) is 4.49. The summed E-state index contributed by atoms with van der Waals surface area (Å²) in [7, 11) is -2.34. The van der Waals surface area contributed by atoms with Crippen LogP contribution in [0, 0.1) is 6.92 Å². The fourth-order valence-electron chi connectivity index (χ4n) is 2.15. The second-order valence-electron chi connectivity index (χ2n) is 5.10. The molecule has 1 aliphatic rings. The van der Waals surface area contributed by atoms with Gasteiger partial charge in [0, 0.05) is 20.0 Å². The monoisotopic (exact) mass is 316 g/mol. The van der Waals surface area contributed by atoms with E-state index in [-0.39, 0.29) is 11.5 Å². The molecule has 118 valence electrons. The second kappa shape index (κ2) is 6.85. The molecule has 1 aliphatic heterocycles. The molecule has 21 heavy (non-hydrogen) atoms. The molecule has 0 unspecified atom stereocenters. The number of ether oxygens (including phenoxy) is 2. The molecule has 6 nitrogen and oxygen atoms in total. The van der Waals surface area contributed by atoms with Gasteiger partial charge in [0.2, 0.25) is 0 Å². The molecule has 1 aromatic rings. The molecule has 1 N–H and O–H groups in total. The number of aliphatic hydroxyl groups excluding tert-OH is 1. The predicted octanol–water partition coefficient (Wildman–Crippen LogP) is 1.21. The summed E-state index contributed by atoms with van der Waals surface area (Å²) in [6.45, 7) is 1.73. The average molecular weight is 316 g/mol. The highest BCUT2D eigenvalue weighted by Crippen LogP contribution is 2.22. The molecule has 0 aromatic heterocycles. The highest BCUT2D eigenvalue weighted by atomic mass is 32.2. The molecular weight excluding hydrogens is 296 g/mol. The number of methoxy groups -OCH3 is 1. The molecule has 3 atom stereocenters. The van der Waals surface area contributed by atoms with Crippen molar-refractivity contribution in [1.82, 2.24) is 0 Å². The van der Waals surface area contributed by atoms with Gasteiger partial charge in [-0.1, -0.05) is 17.7 Å². The van der Waals surface area contributed by atoms with Crippen LogP contribution in [0.25, 0.3) is 0 Å². The lowest BCUT2D eigenvalue weighted by molar-refractivity contribution is -0.208. The van der Waals surface area contributed by atoms with E-state index in [9.17, 15) is 13.5 Å². The summed E-state index contributed by atoms with van der Waals surface area (Å²) in [6, 6.07) is 6.41. The lowest BCUT2D eigenvalue weighted by Crippen LogP contribution is -2.39. The van der Waals surface area contributed by atoms with Gasteiger partial charge < -0.3 is 14.6 Å². The van der Waals surface area contributed by atoms with Gasteiger partial charge in [-0.15, -0.1) is 0 Å². The first-order valence-corrected chi connectivity index (χ1v) is 8.14. The normalized spacial score (nSPS) is 26.7. The van der Waals surface area contributed by atoms with E-state index in [1.54, 1.807) is 12.1 Å². The Hall–Kier alpha value is -0.990. The minimum atomic E-state index is -3.82. The van der Waals surface area contributed by atoms with Gasteiger partial charge in [0.1, 0.15) is 0 Å². The molecule has 1 fully saturated rings. The number of hydrogen-bond donors (Lipinski definition) is 1. The summed E-state index contributed by atoms with van der Waals surface area (Å²) in [4.78, 5) is 0.104. The van der Waals surface area contributed by atoms with Crippen LogP contribution in [0.4, 0.5) is 0 Å². The van der Waals surface area contributed by atoms with Gasteiger partial charge in [-0.05, 0) is 19.1 Å². The van der Waals surface area contributed by atoms with E-state index in [0.29, 0.717) is 12.8 Å². The molecular formula is C14H20O6S. The lowest BCUT2D eigenvalue weighted by Gasteiger charge is -2.31. The first-order chi connectivity index (χ1) is 9.90. The van der Waals surface area contributed by atoms with Crippen molar-refractivity contribution in [2.45, 2.75) is 43.2 Å². The summed E-state index contributed by atoms with van der Waals surface area (Å²) in [5.41, 5.74) is 0.968. The summed E-state index contributed by atoms with van der Waals surface area (Å²) < 4.78 is 39.6. The van der Waals surface area contributed by atoms with Gasteiger partial charge in [-0.3, -0.25) is 4.18 Å². The zero-order valence-corrected chi connectivity index (χ0v) is 12.9. The van der Waals surface area contributed by atoms with Crippen molar-refractivity contribution < 1.29 is 27.2 Å². The maximum Gasteiger partial charge on any atom is 0.297 e. The number of rotatable bonds is 5. The van der Waals surface area contributed by atoms with Gasteiger partial charge in [-0.2, -0.15) is 8.42 Å². The zero-order valence-electron chi connectivity index (χ0n) is 12.1. The Morgan fingerprint density at radius 3 is 2.57 bits per heavy atom. The van der Waals surface area contributed by atoms with Crippen molar-refractivity contribution in [2.75, 3.05) is 13.7 Å². The van der Waals surface area contributed by atoms with Gasteiger partial charge in [0.15, 0.2) is 6.29 Å². The Morgan fingerprint density at radius 2 is 1.95 bits per heavy atom. The largest absolute Gasteiger partial charge is 0.393 e. The molecule has 0 aliphatic carbocycles. The Kier molecular flexibility index (Phi) is 5.34. The minimum Gasteiger partial charge on any atom is -0.393 e. The maximum absolute atomic E-state index is 12.0. The van der Waals surface area contributed by atoms with Crippen LogP contribution in [0.5, 0.6) is 0 Å². The fraction of sp³-hybridized carbons (Fsp3) is 0.571. The van der Waals surface area contributed by atoms with Crippen molar-refractivity contribution in [3.05, 3.63) is 29.8 Å². The predicted molar refractivity (Wildman–Crippen MR) is 75.2 cm³/mol. The van der Waals surface area contributed by atoms with Crippen molar-refractivity contribution in [3.8, 4) is 0 Å². The van der Waals surface area contributed by atoms with Gasteiger partial charge in [0.05, 0.1) is 23.7 Å². The Morgan fingerprint density at radius 1 is 1.29 bits per heavy atom. The van der Waals surface area contributed by atoms with Crippen molar-refractivity contribution in [2.24, 2.45) is 0 Å². The van der Waals surface area contributed by atoms with Crippen molar-refractivity contribution in [3.63, 3.8) is 0 Å². The van der Waals surface area contributed by atoms with Crippen LogP contribution < -0.4 is 0 Å². The van der Waals surface area contributed by atoms with Gasteiger partial charge in [0.25, 0.3) is 10.1 Å². The van der Waals surface area contributed by atoms with Crippen LogP contribution in [0.3, 0.4) is 0 Å². The second-order valence-corrected chi connectivity index (χ2v) is 6.72. The Bertz CT molecular complexity index is 553. The quantitative estimate of drug-likeness (QED) is 0.822. The molecule has 0 radical (unpaired) electrons. The molecule has 1 aromatic carbocycles. The van der Waals surface area contributed by atoms with Gasteiger partial charge >= 0.3 is 0 Å². The summed E-state index contributed by atoms with van der Waals surface area (Å²) >= 11 is 0. The first-order valence-electron chi connectivity index (χ1n) is 6.73. The standard InChI is InChI=1S/C14H20O6S/c1-10-3-5-13(6-4-10)21(16,17)19-9-12-7-11(15)8-14(18-2)20-12/h3-6,11-12,14-15H,7-9H2,1-2H3/t11-,12+,14+/m1/s1. The van der Waals surface area contributed by atoms with E-state index in [0.717, 1.165) is 5.56 Å². The van der Waals surface area contributed by atoms with E-state index in [1.807, 2.05) is 6.92 Å². The lowest BCUT2D eigenvalue weighted by atomic mass is 10.1. The van der Waals surface area contributed by atoms with E-state index in [4.69, 9.17) is 13.7 Å². The average Bonchev–Trinajstić information content (AvgIpc) is 2.45. The summed E-state index contributed by atoms with van der Waals surface area (Å²) in [5, 5.41) is 9.69. The number of aryl methyl sites for hydroxylation is 1. The topological polar surface area (TPSA) is 82.1 Å². The van der Waals surface area contributed by atoms with Crippen LogP contribution in [0.2, 0.25) is 0 Å². The molecule has 0 spiro atoms. The number of aliphatic hydroxyl groups is 1. The Balaban J connectivity index is 1.96. The van der Waals surface area contributed by atoms with E-state index >= 15 is 0 Å². The molecule has 0 bridgehead atoms. The Labute approximate surface area is 124 Å². The van der Waals surface area contributed by atoms with Crippen molar-refractivity contribution >= 4 is 10.1 Å². The summed E-state index contributed by atoms with van der Waals surface area (Å²) in [5.74, 6) is 0. The molecule has 7 heteroatoms. The van der Waals surface area contributed by atoms with E-state index in [2.05, 4.69) is 0 Å². The highest BCUT2D eigenvalue weighted by molar-refractivity contribution is 7.86. The van der Waals surface area contributed by atoms with E-state index < -0.39 is 28.6 Å². The number of hydrogen-bond acceptors (Lipinski definition) is 6. The fourth-order valence-corrected chi connectivity index (χ4v) is 3.08. The SMILES string of the molecule is CO[C@@H]1C[C@H](O)C[C@@H](COS(=O)(=O)c2ccc(C)cc2)O1. The summed E-state index contributed by atoms with van der Waals surface area (Å²) in [6.07, 6.45) is -0.941. The van der Waals surface area contributed by atoms with Crippen LogP contribution in [-0.2, 0) is 23.8 Å². The minimum absolute atomic E-state index is 0.104. The smallest absolute Gasteiger partial charge is 0.297 e.